The molecule has 3 N–H and O–H groups in total. The van der Waals surface area contributed by atoms with Crippen molar-refractivity contribution in [2.24, 2.45) is 11.8 Å². The highest BCUT2D eigenvalue weighted by molar-refractivity contribution is 6.29. The molecule has 0 aliphatic heterocycles. The molecule has 2 unspecified atom stereocenters. The van der Waals surface area contributed by atoms with Crippen LogP contribution in [0, 0.1) is 11.8 Å². The summed E-state index contributed by atoms with van der Waals surface area (Å²) in [5, 5.41) is 14.8. The van der Waals surface area contributed by atoms with Crippen LogP contribution in [0.25, 0.3) is 0 Å². The molecule has 1 aromatic rings. The summed E-state index contributed by atoms with van der Waals surface area (Å²) in [5.41, 5.74) is 0.442. The summed E-state index contributed by atoms with van der Waals surface area (Å²) in [6, 6.07) is 4.22. The topological polar surface area (TPSA) is 116 Å². The van der Waals surface area contributed by atoms with Crippen LogP contribution in [0.5, 0.6) is 0 Å². The quantitative estimate of drug-likeness (QED) is 0.421. The van der Waals surface area contributed by atoms with Crippen LogP contribution in [0.2, 0.25) is 0 Å². The van der Waals surface area contributed by atoms with Crippen LogP contribution >= 0.6 is 11.6 Å². The number of benzene rings is 1. The fourth-order valence-corrected chi connectivity index (χ4v) is 2.73. The standard InChI is InChI=1S/C22H32ClN3O5/c1-5-14(3)11-24-21(30)16-7-17(22(31)25-12-15(4)6-2)9-18(8-16)26(13-20(28)29)19(27)10-23/h7-9,14-15H,5-6,10-13H2,1-4H3,(H,24,30)(H,25,31)(H,28,29). The van der Waals surface area contributed by atoms with Gasteiger partial charge in [-0.05, 0) is 30.0 Å². The Hall–Kier alpha value is -2.61. The Bertz CT molecular complexity index is 755. The molecule has 9 heteroatoms. The molecule has 0 spiro atoms. The Kier molecular flexibility index (Phi) is 11.0. The number of nitrogens with one attached hydrogen (secondary N) is 2. The van der Waals surface area contributed by atoms with Crippen LogP contribution in [0.15, 0.2) is 18.2 Å². The Labute approximate surface area is 188 Å². The Balaban J connectivity index is 3.33. The van der Waals surface area contributed by atoms with E-state index in [1.165, 1.54) is 18.2 Å². The predicted molar refractivity (Wildman–Crippen MR) is 121 cm³/mol. The van der Waals surface area contributed by atoms with Gasteiger partial charge in [-0.2, -0.15) is 0 Å². The summed E-state index contributed by atoms with van der Waals surface area (Å²) in [6.07, 6.45) is 1.78. The minimum absolute atomic E-state index is 0.123. The van der Waals surface area contributed by atoms with Gasteiger partial charge < -0.3 is 20.6 Å². The molecule has 0 aromatic heterocycles. The molecule has 8 nitrogen and oxygen atoms in total. The Morgan fingerprint density at radius 3 is 1.74 bits per heavy atom. The monoisotopic (exact) mass is 453 g/mol. The highest BCUT2D eigenvalue weighted by atomic mass is 35.5. The van der Waals surface area contributed by atoms with Crippen molar-refractivity contribution in [1.29, 1.82) is 0 Å². The average molecular weight is 454 g/mol. The zero-order valence-corrected chi connectivity index (χ0v) is 19.3. The van der Waals surface area contributed by atoms with E-state index in [9.17, 15) is 24.3 Å². The number of alkyl halides is 1. The Morgan fingerprint density at radius 1 is 0.935 bits per heavy atom. The van der Waals surface area contributed by atoms with Gasteiger partial charge in [0.05, 0.1) is 0 Å². The summed E-state index contributed by atoms with van der Waals surface area (Å²) in [7, 11) is 0. The van der Waals surface area contributed by atoms with E-state index in [4.69, 9.17) is 11.6 Å². The van der Waals surface area contributed by atoms with Crippen LogP contribution < -0.4 is 15.5 Å². The lowest BCUT2D eigenvalue weighted by Gasteiger charge is -2.22. The van der Waals surface area contributed by atoms with Gasteiger partial charge in [-0.3, -0.25) is 19.2 Å². The van der Waals surface area contributed by atoms with Crippen molar-refractivity contribution in [2.75, 3.05) is 30.4 Å². The molecule has 3 amide bonds. The summed E-state index contributed by atoms with van der Waals surface area (Å²) < 4.78 is 0. The first-order chi connectivity index (χ1) is 14.6. The van der Waals surface area contributed by atoms with E-state index in [-0.39, 0.29) is 28.7 Å². The number of nitrogens with zero attached hydrogens (tertiary/aromatic N) is 1. The molecule has 0 saturated carbocycles. The normalized spacial score (nSPS) is 12.5. The largest absolute Gasteiger partial charge is 0.480 e. The van der Waals surface area contributed by atoms with Crippen molar-refractivity contribution < 1.29 is 24.3 Å². The predicted octanol–water partition coefficient (Wildman–Crippen LogP) is 2.89. The number of hydrogen-bond acceptors (Lipinski definition) is 4. The van der Waals surface area contributed by atoms with Gasteiger partial charge in [0.15, 0.2) is 0 Å². The number of rotatable bonds is 12. The van der Waals surface area contributed by atoms with E-state index in [0.717, 1.165) is 17.7 Å². The zero-order valence-electron chi connectivity index (χ0n) is 18.5. The van der Waals surface area contributed by atoms with Gasteiger partial charge in [-0.15, -0.1) is 11.6 Å². The number of carboxylic acid groups (broad SMARTS) is 1. The van der Waals surface area contributed by atoms with E-state index in [1.54, 1.807) is 0 Å². The molecule has 0 saturated heterocycles. The average Bonchev–Trinajstić information content (AvgIpc) is 2.77. The van der Waals surface area contributed by atoms with Crippen molar-refractivity contribution in [3.63, 3.8) is 0 Å². The summed E-state index contributed by atoms with van der Waals surface area (Å²) in [4.78, 5) is 49.9. The Morgan fingerprint density at radius 2 is 1.39 bits per heavy atom. The van der Waals surface area contributed by atoms with Crippen LogP contribution in [0.1, 0.15) is 61.3 Å². The molecular weight excluding hydrogens is 422 g/mol. The highest BCUT2D eigenvalue weighted by Gasteiger charge is 2.22. The number of aliphatic carboxylic acids is 1. The molecule has 0 aliphatic rings. The molecule has 1 rings (SSSR count). The molecule has 172 valence electrons. The van der Waals surface area contributed by atoms with Crippen molar-refractivity contribution in [3.8, 4) is 0 Å². The minimum Gasteiger partial charge on any atom is -0.480 e. The number of carboxylic acids is 1. The molecule has 31 heavy (non-hydrogen) atoms. The maximum Gasteiger partial charge on any atom is 0.323 e. The number of amides is 3. The van der Waals surface area contributed by atoms with Gasteiger partial charge in [0.2, 0.25) is 5.91 Å². The maximum absolute atomic E-state index is 12.7. The number of carbonyl (C=O) groups excluding carboxylic acids is 3. The summed E-state index contributed by atoms with van der Waals surface area (Å²) in [5.74, 6) is -2.61. The number of halogens is 1. The summed E-state index contributed by atoms with van der Waals surface area (Å²) in [6.45, 7) is 8.29. The first kappa shape index (κ1) is 26.4. The second-order valence-electron chi connectivity index (χ2n) is 7.72. The third kappa shape index (κ3) is 8.57. The van der Waals surface area contributed by atoms with Gasteiger partial charge in [0.25, 0.3) is 11.8 Å². The highest BCUT2D eigenvalue weighted by Crippen LogP contribution is 2.21. The smallest absolute Gasteiger partial charge is 0.323 e. The van der Waals surface area contributed by atoms with E-state index >= 15 is 0 Å². The van der Waals surface area contributed by atoms with E-state index in [1.807, 2.05) is 27.7 Å². The van der Waals surface area contributed by atoms with Crippen LogP contribution in [-0.2, 0) is 9.59 Å². The lowest BCUT2D eigenvalue weighted by molar-refractivity contribution is -0.136. The van der Waals surface area contributed by atoms with Crippen LogP contribution in [-0.4, -0.2) is 54.3 Å². The zero-order chi connectivity index (χ0) is 23.6. The number of anilines is 1. The maximum atomic E-state index is 12.7. The second kappa shape index (κ2) is 12.9. The van der Waals surface area contributed by atoms with Gasteiger partial charge in [0, 0.05) is 29.9 Å². The van der Waals surface area contributed by atoms with E-state index in [0.29, 0.717) is 13.1 Å². The third-order valence-corrected chi connectivity index (χ3v) is 5.31. The van der Waals surface area contributed by atoms with E-state index < -0.39 is 36.1 Å². The molecule has 0 aliphatic carbocycles. The molecule has 0 heterocycles. The molecular formula is C22H32ClN3O5. The SMILES string of the molecule is CCC(C)CNC(=O)c1cc(C(=O)NCC(C)CC)cc(N(CC(=O)O)C(=O)CCl)c1. The lowest BCUT2D eigenvalue weighted by atomic mass is 10.0. The van der Waals surface area contributed by atoms with Crippen LogP contribution in [0.4, 0.5) is 5.69 Å². The van der Waals surface area contributed by atoms with Gasteiger partial charge in [-0.1, -0.05) is 40.5 Å². The van der Waals surface area contributed by atoms with Crippen LogP contribution in [0.3, 0.4) is 0 Å². The molecule has 0 bridgehead atoms. The minimum atomic E-state index is -1.24. The molecule has 0 radical (unpaired) electrons. The number of carbonyl (C=O) groups is 4. The molecule has 1 aromatic carbocycles. The summed E-state index contributed by atoms with van der Waals surface area (Å²) >= 11 is 5.64. The van der Waals surface area contributed by atoms with Crippen molar-refractivity contribution in [1.82, 2.24) is 10.6 Å². The third-order valence-electron chi connectivity index (χ3n) is 5.08. The van der Waals surface area contributed by atoms with Crippen molar-refractivity contribution in [2.45, 2.75) is 40.5 Å². The first-order valence-corrected chi connectivity index (χ1v) is 11.0. The first-order valence-electron chi connectivity index (χ1n) is 10.4. The van der Waals surface area contributed by atoms with Crippen molar-refractivity contribution in [3.05, 3.63) is 29.3 Å². The fraction of sp³-hybridized carbons (Fsp3) is 0.545. The molecule has 0 fully saturated rings. The lowest BCUT2D eigenvalue weighted by Crippen LogP contribution is -2.37. The van der Waals surface area contributed by atoms with Gasteiger partial charge in [0.1, 0.15) is 12.4 Å². The molecule has 2 atom stereocenters. The second-order valence-corrected chi connectivity index (χ2v) is 7.99. The van der Waals surface area contributed by atoms with Gasteiger partial charge >= 0.3 is 5.97 Å². The van der Waals surface area contributed by atoms with Crippen molar-refractivity contribution >= 4 is 41.0 Å². The van der Waals surface area contributed by atoms with E-state index in [2.05, 4.69) is 10.6 Å². The number of hydrogen-bond donors (Lipinski definition) is 3. The fourth-order valence-electron chi connectivity index (χ4n) is 2.59. The van der Waals surface area contributed by atoms with Gasteiger partial charge in [-0.25, -0.2) is 0 Å².